The molecule has 8 heteroatoms. The molecular weight excluding hydrogens is 277 g/mol. The van der Waals surface area contributed by atoms with Crippen LogP contribution in [0.5, 0.6) is 0 Å². The number of pyridine rings is 1. The Morgan fingerprint density at radius 2 is 2.00 bits per heavy atom. The molecule has 0 radical (unpaired) electrons. The highest BCUT2D eigenvalue weighted by atomic mass is 19.4. The van der Waals surface area contributed by atoms with Crippen molar-refractivity contribution >= 4 is 5.91 Å². The van der Waals surface area contributed by atoms with Crippen LogP contribution in [0.1, 0.15) is 29.9 Å². The molecule has 0 aromatic carbocycles. The molecule has 0 aliphatic heterocycles. The van der Waals surface area contributed by atoms with Gasteiger partial charge in [0.15, 0.2) is 0 Å². The predicted molar refractivity (Wildman–Crippen MR) is 65.2 cm³/mol. The Morgan fingerprint density at radius 3 is 2.40 bits per heavy atom. The van der Waals surface area contributed by atoms with Gasteiger partial charge in [0.05, 0.1) is 12.6 Å². The van der Waals surface area contributed by atoms with Crippen molar-refractivity contribution in [1.82, 2.24) is 10.3 Å². The number of hydrogen-bond donors (Lipinski definition) is 3. The van der Waals surface area contributed by atoms with E-state index in [9.17, 15) is 22.8 Å². The fraction of sp³-hybridized carbons (Fsp3) is 0.500. The maximum Gasteiger partial charge on any atom is 0.431 e. The lowest BCUT2D eigenvalue weighted by atomic mass is 10.0. The minimum Gasteiger partial charge on any atom is -0.394 e. The molecule has 0 unspecified atom stereocenters. The molecule has 0 aliphatic rings. The van der Waals surface area contributed by atoms with Gasteiger partial charge < -0.3 is 15.4 Å². The number of H-pyrrole nitrogens is 1. The van der Waals surface area contributed by atoms with Crippen molar-refractivity contribution in [3.8, 4) is 0 Å². The molecule has 0 bridgehead atoms. The largest absolute Gasteiger partial charge is 0.431 e. The highest BCUT2D eigenvalue weighted by molar-refractivity contribution is 5.94. The van der Waals surface area contributed by atoms with E-state index in [0.717, 1.165) is 6.07 Å². The third kappa shape index (κ3) is 3.83. The molecule has 0 fully saturated rings. The van der Waals surface area contributed by atoms with E-state index in [4.69, 9.17) is 5.11 Å². The van der Waals surface area contributed by atoms with Crippen LogP contribution in [0.3, 0.4) is 0 Å². The van der Waals surface area contributed by atoms with Crippen LogP contribution in [0.4, 0.5) is 13.2 Å². The lowest BCUT2D eigenvalue weighted by molar-refractivity contribution is -0.141. The van der Waals surface area contributed by atoms with Crippen molar-refractivity contribution in [2.24, 2.45) is 5.92 Å². The molecule has 0 spiro atoms. The lowest BCUT2D eigenvalue weighted by Crippen LogP contribution is -2.43. The van der Waals surface area contributed by atoms with Gasteiger partial charge in [-0.1, -0.05) is 13.8 Å². The van der Waals surface area contributed by atoms with Gasteiger partial charge in [-0.15, -0.1) is 0 Å². The van der Waals surface area contributed by atoms with E-state index >= 15 is 0 Å². The van der Waals surface area contributed by atoms with Gasteiger partial charge in [0.25, 0.3) is 11.5 Å². The number of aromatic amines is 1. The van der Waals surface area contributed by atoms with E-state index < -0.39 is 34.9 Å². The minimum atomic E-state index is -4.68. The van der Waals surface area contributed by atoms with Crippen molar-refractivity contribution in [3.63, 3.8) is 0 Å². The third-order valence-electron chi connectivity index (χ3n) is 2.78. The molecule has 5 nitrogen and oxygen atoms in total. The van der Waals surface area contributed by atoms with Crippen molar-refractivity contribution in [3.05, 3.63) is 33.7 Å². The number of aliphatic hydroxyl groups excluding tert-OH is 1. The van der Waals surface area contributed by atoms with Crippen molar-refractivity contribution < 1.29 is 23.1 Å². The number of amides is 1. The number of halogens is 3. The third-order valence-corrected chi connectivity index (χ3v) is 2.78. The molecule has 0 aliphatic carbocycles. The molecule has 20 heavy (non-hydrogen) atoms. The Bertz CT molecular complexity index is 537. The molecule has 1 aromatic rings. The number of nitrogens with one attached hydrogen (secondary N) is 2. The molecule has 3 N–H and O–H groups in total. The first kappa shape index (κ1) is 16.2. The quantitative estimate of drug-likeness (QED) is 0.778. The van der Waals surface area contributed by atoms with E-state index in [2.05, 4.69) is 5.32 Å². The van der Waals surface area contributed by atoms with Gasteiger partial charge in [0, 0.05) is 0 Å². The van der Waals surface area contributed by atoms with Gasteiger partial charge in [0.1, 0.15) is 11.3 Å². The van der Waals surface area contributed by atoms with Crippen LogP contribution in [-0.2, 0) is 6.18 Å². The summed E-state index contributed by atoms with van der Waals surface area (Å²) >= 11 is 0. The number of carbonyl (C=O) groups is 1. The maximum atomic E-state index is 12.4. The summed E-state index contributed by atoms with van der Waals surface area (Å²) in [6, 6.07) is 0.856. The molecule has 0 saturated heterocycles. The highest BCUT2D eigenvalue weighted by Crippen LogP contribution is 2.26. The van der Waals surface area contributed by atoms with Crippen LogP contribution >= 0.6 is 0 Å². The van der Waals surface area contributed by atoms with Crippen LogP contribution in [0, 0.1) is 5.92 Å². The number of hydrogen-bond acceptors (Lipinski definition) is 3. The lowest BCUT2D eigenvalue weighted by Gasteiger charge is -2.19. The van der Waals surface area contributed by atoms with E-state index in [0.29, 0.717) is 6.07 Å². The Labute approximate surface area is 112 Å². The first-order valence-corrected chi connectivity index (χ1v) is 5.89. The predicted octanol–water partition coefficient (Wildman–Crippen LogP) is 1.14. The molecule has 0 saturated carbocycles. The second-order valence-corrected chi connectivity index (χ2v) is 4.62. The fourth-order valence-electron chi connectivity index (χ4n) is 1.49. The zero-order valence-electron chi connectivity index (χ0n) is 10.9. The highest BCUT2D eigenvalue weighted by Gasteiger charge is 2.32. The SMILES string of the molecule is CC(C)[C@@H](CO)NC(=O)c1ccc(C(F)(F)F)[nH]c1=O. The first-order valence-electron chi connectivity index (χ1n) is 5.89. The normalized spacial score (nSPS) is 13.3. The number of carbonyl (C=O) groups excluding carboxylic acids is 1. The Balaban J connectivity index is 2.98. The summed E-state index contributed by atoms with van der Waals surface area (Å²) in [4.78, 5) is 24.9. The Kier molecular flexibility index (Phi) is 4.93. The maximum absolute atomic E-state index is 12.4. The molecule has 112 valence electrons. The summed E-state index contributed by atoms with van der Waals surface area (Å²) in [5.41, 5.74) is -2.78. The summed E-state index contributed by atoms with van der Waals surface area (Å²) in [6.07, 6.45) is -4.68. The summed E-state index contributed by atoms with van der Waals surface area (Å²) in [7, 11) is 0. The van der Waals surface area contributed by atoms with Gasteiger partial charge in [-0.2, -0.15) is 13.2 Å². The number of rotatable bonds is 4. The Hall–Kier alpha value is -1.83. The van der Waals surface area contributed by atoms with Crippen molar-refractivity contribution in [2.45, 2.75) is 26.1 Å². The smallest absolute Gasteiger partial charge is 0.394 e. The van der Waals surface area contributed by atoms with Crippen molar-refractivity contribution in [2.75, 3.05) is 6.61 Å². The summed E-state index contributed by atoms with van der Waals surface area (Å²) < 4.78 is 37.1. The molecule has 1 rings (SSSR count). The first-order chi connectivity index (χ1) is 9.16. The monoisotopic (exact) mass is 292 g/mol. The standard InChI is InChI=1S/C12H15F3N2O3/c1-6(2)8(5-18)16-10(19)7-3-4-9(12(13,14)15)17-11(7)20/h3-4,6,8,18H,5H2,1-2H3,(H,16,19)(H,17,20)/t8-/m1/s1. The minimum absolute atomic E-state index is 0.0857. The van der Waals surface area contributed by atoms with Gasteiger partial charge in [-0.25, -0.2) is 0 Å². The topological polar surface area (TPSA) is 82.2 Å². The molecule has 1 atom stereocenters. The van der Waals surface area contributed by atoms with Crippen LogP contribution in [-0.4, -0.2) is 28.6 Å². The van der Waals surface area contributed by atoms with Crippen LogP contribution < -0.4 is 10.9 Å². The van der Waals surface area contributed by atoms with E-state index in [-0.39, 0.29) is 12.5 Å². The Morgan fingerprint density at radius 1 is 1.40 bits per heavy atom. The molecule has 1 heterocycles. The van der Waals surface area contributed by atoms with E-state index in [1.165, 1.54) is 0 Å². The molecule has 1 amide bonds. The molecular formula is C12H15F3N2O3. The van der Waals surface area contributed by atoms with E-state index in [1.54, 1.807) is 18.8 Å². The van der Waals surface area contributed by atoms with E-state index in [1.807, 2.05) is 0 Å². The van der Waals surface area contributed by atoms with Gasteiger partial charge >= 0.3 is 6.18 Å². The van der Waals surface area contributed by atoms with Gasteiger partial charge in [0.2, 0.25) is 0 Å². The summed E-state index contributed by atoms with van der Waals surface area (Å²) in [5, 5.41) is 11.5. The summed E-state index contributed by atoms with van der Waals surface area (Å²) in [5.74, 6) is -0.912. The zero-order chi connectivity index (χ0) is 15.5. The van der Waals surface area contributed by atoms with Crippen molar-refractivity contribution in [1.29, 1.82) is 0 Å². The average molecular weight is 292 g/mol. The molecule has 1 aromatic heterocycles. The fourth-order valence-corrected chi connectivity index (χ4v) is 1.49. The van der Waals surface area contributed by atoms with Crippen LogP contribution in [0.15, 0.2) is 16.9 Å². The summed E-state index contributed by atoms with van der Waals surface area (Å²) in [6.45, 7) is 3.16. The number of aliphatic hydroxyl groups is 1. The zero-order valence-corrected chi connectivity index (χ0v) is 10.9. The van der Waals surface area contributed by atoms with Gasteiger partial charge in [-0.3, -0.25) is 9.59 Å². The van der Waals surface area contributed by atoms with Crippen LogP contribution in [0.25, 0.3) is 0 Å². The number of alkyl halides is 3. The second-order valence-electron chi connectivity index (χ2n) is 4.62. The average Bonchev–Trinajstić information content (AvgIpc) is 2.33. The second kappa shape index (κ2) is 6.08. The van der Waals surface area contributed by atoms with Gasteiger partial charge in [-0.05, 0) is 18.1 Å². The van der Waals surface area contributed by atoms with Crippen LogP contribution in [0.2, 0.25) is 0 Å². The number of aromatic nitrogens is 1.